The Labute approximate surface area is 119 Å². The molecule has 0 aromatic heterocycles. The van der Waals surface area contributed by atoms with E-state index in [2.05, 4.69) is 5.32 Å². The van der Waals surface area contributed by atoms with Crippen LogP contribution in [-0.4, -0.2) is 44.6 Å². The summed E-state index contributed by atoms with van der Waals surface area (Å²) in [6.07, 6.45) is -4.70. The zero-order valence-corrected chi connectivity index (χ0v) is 11.4. The molecule has 8 heteroatoms. The van der Waals surface area contributed by atoms with Crippen molar-refractivity contribution in [3.05, 3.63) is 29.3 Å². The monoisotopic (exact) mass is 307 g/mol. The van der Waals surface area contributed by atoms with Crippen LogP contribution in [0.2, 0.25) is 0 Å². The Balaban J connectivity index is 2.65. The molecule has 21 heavy (non-hydrogen) atoms. The number of nitrogens with one attached hydrogen (secondary N) is 1. The third-order valence-corrected chi connectivity index (χ3v) is 2.56. The highest BCUT2D eigenvalue weighted by Gasteiger charge is 2.35. The van der Waals surface area contributed by atoms with Gasteiger partial charge >= 0.3 is 12.1 Å². The zero-order valence-electron chi connectivity index (χ0n) is 11.4. The molecule has 0 heterocycles. The maximum absolute atomic E-state index is 12.6. The number of aromatic carboxylic acids is 1. The van der Waals surface area contributed by atoms with Crippen LogP contribution in [0.3, 0.4) is 0 Å². The number of alkyl halides is 3. The van der Waals surface area contributed by atoms with E-state index in [1.807, 2.05) is 0 Å². The molecular weight excluding hydrogens is 291 g/mol. The molecule has 0 aliphatic rings. The molecular formula is C13H16F3NO4. The smallest absolute Gasteiger partial charge is 0.417 e. The first kappa shape index (κ1) is 17.3. The van der Waals surface area contributed by atoms with Crippen molar-refractivity contribution in [2.24, 2.45) is 0 Å². The number of carbonyl (C=O) groups is 1. The molecule has 0 spiro atoms. The number of benzene rings is 1. The summed E-state index contributed by atoms with van der Waals surface area (Å²) in [4.78, 5) is 10.9. The van der Waals surface area contributed by atoms with Crippen LogP contribution in [0.5, 0.6) is 0 Å². The van der Waals surface area contributed by atoms with E-state index in [9.17, 15) is 18.0 Å². The maximum Gasteiger partial charge on any atom is 0.417 e. The van der Waals surface area contributed by atoms with Crippen molar-refractivity contribution in [3.8, 4) is 0 Å². The molecule has 1 aromatic rings. The quantitative estimate of drug-likeness (QED) is 0.722. The average Bonchev–Trinajstić information content (AvgIpc) is 2.41. The van der Waals surface area contributed by atoms with E-state index in [4.69, 9.17) is 14.6 Å². The fraction of sp³-hybridized carbons (Fsp3) is 0.462. The van der Waals surface area contributed by atoms with E-state index < -0.39 is 23.3 Å². The highest BCUT2D eigenvalue weighted by Crippen LogP contribution is 2.33. The number of methoxy groups -OCH3 is 1. The number of hydrogen-bond donors (Lipinski definition) is 2. The van der Waals surface area contributed by atoms with Gasteiger partial charge in [0.25, 0.3) is 0 Å². The molecule has 0 atom stereocenters. The molecule has 0 aliphatic carbocycles. The molecule has 1 aromatic carbocycles. The van der Waals surface area contributed by atoms with E-state index in [0.29, 0.717) is 26.4 Å². The van der Waals surface area contributed by atoms with Gasteiger partial charge in [-0.15, -0.1) is 0 Å². The molecule has 0 fully saturated rings. The number of carboxylic acid groups (broad SMARTS) is 1. The Hall–Kier alpha value is -1.80. The van der Waals surface area contributed by atoms with Gasteiger partial charge in [-0.1, -0.05) is 0 Å². The minimum Gasteiger partial charge on any atom is -0.478 e. The van der Waals surface area contributed by atoms with Gasteiger partial charge in [-0.2, -0.15) is 13.2 Å². The average molecular weight is 307 g/mol. The van der Waals surface area contributed by atoms with Crippen LogP contribution in [0.1, 0.15) is 15.9 Å². The van der Waals surface area contributed by atoms with Crippen molar-refractivity contribution in [3.63, 3.8) is 0 Å². The Morgan fingerprint density at radius 2 is 2.00 bits per heavy atom. The number of rotatable bonds is 8. The first-order chi connectivity index (χ1) is 9.86. The molecule has 0 amide bonds. The van der Waals surface area contributed by atoms with Gasteiger partial charge < -0.3 is 19.9 Å². The van der Waals surface area contributed by atoms with Crippen LogP contribution >= 0.6 is 0 Å². The van der Waals surface area contributed by atoms with Gasteiger partial charge in [0.2, 0.25) is 0 Å². The number of hydrogen-bond acceptors (Lipinski definition) is 4. The van der Waals surface area contributed by atoms with E-state index >= 15 is 0 Å². The summed E-state index contributed by atoms with van der Waals surface area (Å²) in [6, 6.07) is 2.89. The van der Waals surface area contributed by atoms with Crippen molar-refractivity contribution in [1.82, 2.24) is 0 Å². The second kappa shape index (κ2) is 7.84. The van der Waals surface area contributed by atoms with E-state index in [0.717, 1.165) is 12.1 Å². The van der Waals surface area contributed by atoms with E-state index in [1.165, 1.54) is 13.2 Å². The summed E-state index contributed by atoms with van der Waals surface area (Å²) in [7, 11) is 1.54. The van der Waals surface area contributed by atoms with Crippen LogP contribution in [0.25, 0.3) is 0 Å². The number of halogens is 3. The lowest BCUT2D eigenvalue weighted by molar-refractivity contribution is -0.138. The Morgan fingerprint density at radius 1 is 1.29 bits per heavy atom. The fourth-order valence-corrected chi connectivity index (χ4v) is 1.59. The van der Waals surface area contributed by atoms with Crippen LogP contribution < -0.4 is 5.32 Å². The molecule has 0 aliphatic heterocycles. The van der Waals surface area contributed by atoms with Crippen molar-refractivity contribution < 1.29 is 32.5 Å². The van der Waals surface area contributed by atoms with Crippen LogP contribution in [0.15, 0.2) is 18.2 Å². The van der Waals surface area contributed by atoms with Gasteiger partial charge in [0.1, 0.15) is 0 Å². The number of carboxylic acids is 1. The van der Waals surface area contributed by atoms with Crippen molar-refractivity contribution in [1.29, 1.82) is 0 Å². The van der Waals surface area contributed by atoms with Crippen molar-refractivity contribution in [2.75, 3.05) is 38.8 Å². The minimum absolute atomic E-state index is 0.288. The van der Waals surface area contributed by atoms with Gasteiger partial charge in [0.05, 0.1) is 30.9 Å². The van der Waals surface area contributed by atoms with Gasteiger partial charge in [-0.05, 0) is 18.2 Å². The molecule has 5 nitrogen and oxygen atoms in total. The van der Waals surface area contributed by atoms with Gasteiger partial charge in [-0.25, -0.2) is 4.79 Å². The predicted octanol–water partition coefficient (Wildman–Crippen LogP) is 2.48. The first-order valence-corrected chi connectivity index (χ1v) is 6.11. The number of anilines is 1. The molecule has 1 rings (SSSR count). The predicted molar refractivity (Wildman–Crippen MR) is 69.6 cm³/mol. The van der Waals surface area contributed by atoms with Crippen LogP contribution in [0, 0.1) is 0 Å². The molecule has 0 radical (unpaired) electrons. The first-order valence-electron chi connectivity index (χ1n) is 6.11. The summed E-state index contributed by atoms with van der Waals surface area (Å²) in [5.41, 5.74) is -1.67. The van der Waals surface area contributed by atoms with Crippen molar-refractivity contribution >= 4 is 11.7 Å². The van der Waals surface area contributed by atoms with Gasteiger partial charge in [0.15, 0.2) is 0 Å². The topological polar surface area (TPSA) is 67.8 Å². The largest absolute Gasteiger partial charge is 0.478 e. The second-order valence-corrected chi connectivity index (χ2v) is 4.10. The summed E-state index contributed by atoms with van der Waals surface area (Å²) in [6.45, 7) is 1.52. The highest BCUT2D eigenvalue weighted by atomic mass is 19.4. The minimum atomic E-state index is -4.70. The fourth-order valence-electron chi connectivity index (χ4n) is 1.59. The van der Waals surface area contributed by atoms with Crippen LogP contribution in [0.4, 0.5) is 18.9 Å². The lowest BCUT2D eigenvalue weighted by atomic mass is 10.1. The molecule has 0 saturated heterocycles. The van der Waals surface area contributed by atoms with Gasteiger partial charge in [-0.3, -0.25) is 0 Å². The SMILES string of the molecule is COCCOCCNc1ccc(C(F)(F)F)c(C(=O)O)c1. The lowest BCUT2D eigenvalue weighted by Crippen LogP contribution is -2.15. The van der Waals surface area contributed by atoms with Gasteiger partial charge in [0, 0.05) is 19.3 Å². The molecule has 0 bridgehead atoms. The van der Waals surface area contributed by atoms with E-state index in [-0.39, 0.29) is 5.69 Å². The summed E-state index contributed by atoms with van der Waals surface area (Å²) < 4.78 is 47.9. The van der Waals surface area contributed by atoms with Crippen molar-refractivity contribution in [2.45, 2.75) is 6.18 Å². The summed E-state index contributed by atoms with van der Waals surface area (Å²) in [5.74, 6) is -1.62. The maximum atomic E-state index is 12.6. The molecule has 118 valence electrons. The standard InChI is InChI=1S/C13H16F3NO4/c1-20-6-7-21-5-4-17-9-2-3-11(13(14,15)16)10(8-9)12(18)19/h2-3,8,17H,4-7H2,1H3,(H,18,19). The second-order valence-electron chi connectivity index (χ2n) is 4.10. The Kier molecular flexibility index (Phi) is 6.44. The third-order valence-electron chi connectivity index (χ3n) is 2.56. The normalized spacial score (nSPS) is 11.4. The summed E-state index contributed by atoms with van der Waals surface area (Å²) in [5, 5.41) is 11.7. The zero-order chi connectivity index (χ0) is 15.9. The Bertz CT molecular complexity index is 477. The Morgan fingerprint density at radius 3 is 2.57 bits per heavy atom. The summed E-state index contributed by atoms with van der Waals surface area (Å²) >= 11 is 0. The molecule has 2 N–H and O–H groups in total. The highest BCUT2D eigenvalue weighted by molar-refractivity contribution is 5.91. The van der Waals surface area contributed by atoms with E-state index in [1.54, 1.807) is 0 Å². The number of ether oxygens (including phenoxy) is 2. The molecule has 0 saturated carbocycles. The lowest BCUT2D eigenvalue weighted by Gasteiger charge is -2.13. The molecule has 0 unspecified atom stereocenters. The van der Waals surface area contributed by atoms with Crippen LogP contribution in [-0.2, 0) is 15.7 Å². The third kappa shape index (κ3) is 5.60.